The molecule has 1 aromatic carbocycles. The maximum absolute atomic E-state index is 13.0. The number of rotatable bonds is 5. The first-order chi connectivity index (χ1) is 13.7. The molecule has 3 heterocycles. The molecule has 1 amide bonds. The summed E-state index contributed by atoms with van der Waals surface area (Å²) in [4.78, 5) is 26.1. The number of amides is 1. The highest BCUT2D eigenvalue weighted by atomic mass is 16.1. The number of carbonyl (C=O) groups is 1. The lowest BCUT2D eigenvalue weighted by atomic mass is 10.0. The highest BCUT2D eigenvalue weighted by molar-refractivity contribution is 6.12. The third kappa shape index (κ3) is 3.46. The minimum Gasteiger partial charge on any atom is -0.289 e. The van der Waals surface area contributed by atoms with Crippen molar-refractivity contribution in [2.75, 3.05) is 5.32 Å². The molecule has 0 saturated heterocycles. The summed E-state index contributed by atoms with van der Waals surface area (Å²) in [5, 5.41) is 7.88. The van der Waals surface area contributed by atoms with Crippen molar-refractivity contribution in [3.05, 3.63) is 66.2 Å². The van der Waals surface area contributed by atoms with E-state index in [0.29, 0.717) is 17.2 Å². The van der Waals surface area contributed by atoms with E-state index >= 15 is 0 Å². The summed E-state index contributed by atoms with van der Waals surface area (Å²) in [6.45, 7) is 4.80. The molecule has 7 nitrogen and oxygen atoms in total. The number of nitrogens with zero attached hydrogens (tertiary/aromatic N) is 5. The summed E-state index contributed by atoms with van der Waals surface area (Å²) in [7, 11) is 0. The van der Waals surface area contributed by atoms with Gasteiger partial charge in [0.05, 0.1) is 16.8 Å². The molecule has 140 valence electrons. The minimum atomic E-state index is -0.266. The normalized spacial score (nSPS) is 10.9. The van der Waals surface area contributed by atoms with E-state index in [-0.39, 0.29) is 5.91 Å². The second kappa shape index (κ2) is 7.56. The molecule has 0 radical (unpaired) electrons. The predicted octanol–water partition coefficient (Wildman–Crippen LogP) is 3.86. The van der Waals surface area contributed by atoms with Gasteiger partial charge in [0.25, 0.3) is 5.91 Å². The number of benzene rings is 1. The van der Waals surface area contributed by atoms with E-state index < -0.39 is 0 Å². The number of hydrogen-bond donors (Lipinski definition) is 1. The topological polar surface area (TPSA) is 85.6 Å². The van der Waals surface area contributed by atoms with Crippen molar-refractivity contribution in [1.29, 1.82) is 0 Å². The molecule has 0 bridgehead atoms. The zero-order valence-corrected chi connectivity index (χ0v) is 15.8. The Morgan fingerprint density at radius 3 is 2.89 bits per heavy atom. The van der Waals surface area contributed by atoms with Crippen LogP contribution >= 0.6 is 0 Å². The van der Waals surface area contributed by atoms with E-state index in [1.165, 1.54) is 0 Å². The van der Waals surface area contributed by atoms with E-state index in [1.54, 1.807) is 29.5 Å². The Balaban J connectivity index is 1.78. The van der Waals surface area contributed by atoms with Crippen LogP contribution in [-0.2, 0) is 6.54 Å². The van der Waals surface area contributed by atoms with Crippen molar-refractivity contribution in [3.8, 4) is 11.3 Å². The number of anilines is 1. The van der Waals surface area contributed by atoms with Crippen molar-refractivity contribution in [2.45, 2.75) is 26.8 Å². The van der Waals surface area contributed by atoms with Crippen LogP contribution in [0.1, 0.15) is 29.3 Å². The summed E-state index contributed by atoms with van der Waals surface area (Å²) < 4.78 is 1.71. The first kappa shape index (κ1) is 17.8. The van der Waals surface area contributed by atoms with Crippen LogP contribution in [-0.4, -0.2) is 30.6 Å². The Kier molecular flexibility index (Phi) is 4.80. The standard InChI is InChI=1S/C21H20N6O/c1-3-10-27-13-23-21(26-27)25-20(28)17-11-18(15-7-5-9-22-12-15)24-19-14(2)6-4-8-16(17)19/h4-9,11-13H,3,10H2,1-2H3,(H,25,26,28). The van der Waals surface area contributed by atoms with Gasteiger partial charge in [-0.05, 0) is 37.1 Å². The number of pyridine rings is 2. The van der Waals surface area contributed by atoms with Gasteiger partial charge in [0.1, 0.15) is 6.33 Å². The van der Waals surface area contributed by atoms with Crippen LogP contribution in [0, 0.1) is 6.92 Å². The average molecular weight is 372 g/mol. The third-order valence-electron chi connectivity index (χ3n) is 4.46. The monoisotopic (exact) mass is 372 g/mol. The van der Waals surface area contributed by atoms with Gasteiger partial charge in [0.2, 0.25) is 5.95 Å². The van der Waals surface area contributed by atoms with Gasteiger partial charge in [-0.3, -0.25) is 19.8 Å². The van der Waals surface area contributed by atoms with Crippen LogP contribution in [0.15, 0.2) is 55.1 Å². The van der Waals surface area contributed by atoms with Crippen LogP contribution in [0.4, 0.5) is 5.95 Å². The second-order valence-corrected chi connectivity index (χ2v) is 6.55. The molecule has 0 unspecified atom stereocenters. The van der Waals surface area contributed by atoms with Gasteiger partial charge in [0, 0.05) is 29.9 Å². The lowest BCUT2D eigenvalue weighted by Gasteiger charge is -2.11. The molecule has 0 spiro atoms. The molecule has 4 rings (SSSR count). The number of hydrogen-bond acceptors (Lipinski definition) is 5. The highest BCUT2D eigenvalue weighted by Gasteiger charge is 2.16. The molecule has 0 saturated carbocycles. The number of para-hydroxylation sites is 1. The number of carbonyl (C=O) groups excluding carboxylic acids is 1. The number of nitrogens with one attached hydrogen (secondary N) is 1. The van der Waals surface area contributed by atoms with Gasteiger partial charge < -0.3 is 0 Å². The average Bonchev–Trinajstić information content (AvgIpc) is 3.15. The molecule has 1 N–H and O–H groups in total. The van der Waals surface area contributed by atoms with Crippen molar-refractivity contribution in [1.82, 2.24) is 24.7 Å². The van der Waals surface area contributed by atoms with Gasteiger partial charge in [-0.1, -0.05) is 25.1 Å². The number of aryl methyl sites for hydroxylation is 2. The molecule has 0 atom stereocenters. The Bertz CT molecular complexity index is 1140. The number of aromatic nitrogens is 5. The summed E-state index contributed by atoms with van der Waals surface area (Å²) in [6, 6.07) is 11.4. The van der Waals surface area contributed by atoms with Crippen LogP contribution in [0.25, 0.3) is 22.2 Å². The fraction of sp³-hybridized carbons (Fsp3) is 0.190. The molecule has 7 heteroatoms. The Morgan fingerprint density at radius 2 is 2.11 bits per heavy atom. The molecule has 0 aliphatic heterocycles. The molecule has 3 aromatic heterocycles. The zero-order chi connectivity index (χ0) is 19.5. The van der Waals surface area contributed by atoms with Crippen molar-refractivity contribution < 1.29 is 4.79 Å². The predicted molar refractivity (Wildman–Crippen MR) is 108 cm³/mol. The summed E-state index contributed by atoms with van der Waals surface area (Å²) in [5.74, 6) is 0.0244. The van der Waals surface area contributed by atoms with E-state index in [2.05, 4.69) is 27.3 Å². The van der Waals surface area contributed by atoms with E-state index in [4.69, 9.17) is 4.98 Å². The maximum Gasteiger partial charge on any atom is 0.258 e. The first-order valence-electron chi connectivity index (χ1n) is 9.17. The SMILES string of the molecule is CCCn1cnc(NC(=O)c2cc(-c3cccnc3)nc3c(C)cccc23)n1. The molecular formula is C21H20N6O. The highest BCUT2D eigenvalue weighted by Crippen LogP contribution is 2.26. The van der Waals surface area contributed by atoms with Gasteiger partial charge in [-0.25, -0.2) is 9.97 Å². The quantitative estimate of drug-likeness (QED) is 0.575. The van der Waals surface area contributed by atoms with Crippen molar-refractivity contribution in [2.24, 2.45) is 0 Å². The molecule has 4 aromatic rings. The van der Waals surface area contributed by atoms with E-state index in [1.807, 2.05) is 37.3 Å². The van der Waals surface area contributed by atoms with E-state index in [9.17, 15) is 4.79 Å². The van der Waals surface area contributed by atoms with Gasteiger partial charge in [-0.15, -0.1) is 5.10 Å². The summed E-state index contributed by atoms with van der Waals surface area (Å²) in [5.41, 5.74) is 3.87. The van der Waals surface area contributed by atoms with Gasteiger partial charge >= 0.3 is 0 Å². The van der Waals surface area contributed by atoms with Crippen LogP contribution in [0.2, 0.25) is 0 Å². The third-order valence-corrected chi connectivity index (χ3v) is 4.46. The first-order valence-corrected chi connectivity index (χ1v) is 9.17. The lowest BCUT2D eigenvalue weighted by molar-refractivity contribution is 0.102. The molecule has 0 aliphatic carbocycles. The van der Waals surface area contributed by atoms with E-state index in [0.717, 1.165) is 35.0 Å². The largest absolute Gasteiger partial charge is 0.289 e. The second-order valence-electron chi connectivity index (χ2n) is 6.55. The molecular weight excluding hydrogens is 352 g/mol. The van der Waals surface area contributed by atoms with Crippen molar-refractivity contribution >= 4 is 22.8 Å². The Hall–Kier alpha value is -3.61. The van der Waals surface area contributed by atoms with Gasteiger partial charge in [-0.2, -0.15) is 0 Å². The minimum absolute atomic E-state index is 0.266. The molecule has 28 heavy (non-hydrogen) atoms. The molecule has 0 fully saturated rings. The summed E-state index contributed by atoms with van der Waals surface area (Å²) in [6.07, 6.45) is 6.01. The van der Waals surface area contributed by atoms with Crippen LogP contribution in [0.5, 0.6) is 0 Å². The van der Waals surface area contributed by atoms with Crippen molar-refractivity contribution in [3.63, 3.8) is 0 Å². The number of fused-ring (bicyclic) bond motifs is 1. The lowest BCUT2D eigenvalue weighted by Crippen LogP contribution is -2.14. The fourth-order valence-corrected chi connectivity index (χ4v) is 3.10. The van der Waals surface area contributed by atoms with Crippen LogP contribution < -0.4 is 5.32 Å². The maximum atomic E-state index is 13.0. The Morgan fingerprint density at radius 1 is 1.21 bits per heavy atom. The summed E-state index contributed by atoms with van der Waals surface area (Å²) >= 11 is 0. The Labute approximate surface area is 162 Å². The fourth-order valence-electron chi connectivity index (χ4n) is 3.10. The van der Waals surface area contributed by atoms with Gasteiger partial charge in [0.15, 0.2) is 0 Å². The smallest absolute Gasteiger partial charge is 0.258 e. The van der Waals surface area contributed by atoms with Crippen LogP contribution in [0.3, 0.4) is 0 Å². The molecule has 0 aliphatic rings. The zero-order valence-electron chi connectivity index (χ0n) is 15.8.